The number of para-hydroxylation sites is 1. The Kier molecular flexibility index (Phi) is 4.48. The highest BCUT2D eigenvalue weighted by Crippen LogP contribution is 2.21. The number of aliphatic hydroxyl groups excluding tert-OH is 1. The van der Waals surface area contributed by atoms with E-state index in [0.29, 0.717) is 0 Å². The molecule has 1 aromatic heterocycles. The van der Waals surface area contributed by atoms with Crippen LogP contribution in [0.4, 0.5) is 0 Å². The molecule has 0 fully saturated rings. The first-order chi connectivity index (χ1) is 8.29. The normalized spacial score (nSPS) is 13.1. The Morgan fingerprint density at radius 3 is 3.00 bits per heavy atom. The lowest BCUT2D eigenvalue weighted by molar-refractivity contribution is 0.159. The minimum absolute atomic E-state index is 0.183. The third kappa shape index (κ3) is 3.49. The molecule has 2 N–H and O–H groups in total. The quantitative estimate of drug-likeness (QED) is 0.774. The van der Waals surface area contributed by atoms with Crippen LogP contribution < -0.4 is 5.32 Å². The summed E-state index contributed by atoms with van der Waals surface area (Å²) in [4.78, 5) is 4.54. The maximum atomic E-state index is 9.42. The minimum Gasteiger partial charge on any atom is -0.393 e. The number of fused-ring (bicyclic) bond motifs is 1. The van der Waals surface area contributed by atoms with Crippen molar-refractivity contribution < 1.29 is 5.11 Å². The summed E-state index contributed by atoms with van der Waals surface area (Å²) in [6, 6.07) is 8.18. The van der Waals surface area contributed by atoms with E-state index in [1.807, 2.05) is 25.1 Å². The Morgan fingerprint density at radius 1 is 1.41 bits per heavy atom. The molecular weight excluding hydrogens is 232 g/mol. The molecule has 92 valence electrons. The molecule has 4 heteroatoms. The molecule has 0 saturated heterocycles. The number of nitrogens with zero attached hydrogens (tertiary/aromatic N) is 1. The molecule has 1 heterocycles. The van der Waals surface area contributed by atoms with Crippen molar-refractivity contribution in [1.29, 1.82) is 0 Å². The van der Waals surface area contributed by atoms with E-state index in [2.05, 4.69) is 16.4 Å². The van der Waals surface area contributed by atoms with Crippen LogP contribution in [0.1, 0.15) is 24.8 Å². The van der Waals surface area contributed by atoms with E-state index in [9.17, 15) is 5.11 Å². The first-order valence-electron chi connectivity index (χ1n) is 6.03. The van der Waals surface area contributed by atoms with Crippen molar-refractivity contribution in [3.8, 4) is 0 Å². The van der Waals surface area contributed by atoms with Gasteiger partial charge in [0.2, 0.25) is 0 Å². The summed E-state index contributed by atoms with van der Waals surface area (Å²) < 4.78 is 1.23. The molecule has 2 rings (SSSR count). The van der Waals surface area contributed by atoms with E-state index in [1.165, 1.54) is 4.70 Å². The van der Waals surface area contributed by atoms with Crippen molar-refractivity contribution in [3.05, 3.63) is 29.3 Å². The number of aromatic nitrogens is 1. The van der Waals surface area contributed by atoms with E-state index in [4.69, 9.17) is 0 Å². The monoisotopic (exact) mass is 250 g/mol. The second-order valence-corrected chi connectivity index (χ2v) is 5.22. The first-order valence-corrected chi connectivity index (χ1v) is 6.84. The smallest absolute Gasteiger partial charge is 0.108 e. The summed E-state index contributed by atoms with van der Waals surface area (Å²) in [5, 5.41) is 13.8. The third-order valence-electron chi connectivity index (χ3n) is 2.74. The number of benzene rings is 1. The van der Waals surface area contributed by atoms with Crippen LogP contribution in [0.5, 0.6) is 0 Å². The topological polar surface area (TPSA) is 45.1 Å². The van der Waals surface area contributed by atoms with Gasteiger partial charge >= 0.3 is 0 Å². The highest BCUT2D eigenvalue weighted by atomic mass is 32.1. The molecule has 0 aliphatic heterocycles. The number of hydrogen-bond acceptors (Lipinski definition) is 4. The SMILES string of the molecule is CCC(O)CCNCc1nc2ccccc2s1. The molecular formula is C13H18N2OS. The summed E-state index contributed by atoms with van der Waals surface area (Å²) in [5.74, 6) is 0. The van der Waals surface area contributed by atoms with Crippen molar-refractivity contribution in [2.45, 2.75) is 32.4 Å². The first kappa shape index (κ1) is 12.5. The van der Waals surface area contributed by atoms with Gasteiger partial charge in [0, 0.05) is 6.54 Å². The number of rotatable bonds is 6. The average Bonchev–Trinajstić information content (AvgIpc) is 2.76. The molecule has 17 heavy (non-hydrogen) atoms. The Morgan fingerprint density at radius 2 is 2.24 bits per heavy atom. The van der Waals surface area contributed by atoms with Crippen molar-refractivity contribution in [1.82, 2.24) is 10.3 Å². The predicted octanol–water partition coefficient (Wildman–Crippen LogP) is 2.55. The second kappa shape index (κ2) is 6.10. The van der Waals surface area contributed by atoms with Crippen molar-refractivity contribution >= 4 is 21.6 Å². The third-order valence-corrected chi connectivity index (χ3v) is 3.78. The maximum absolute atomic E-state index is 9.42. The Bertz CT molecular complexity index is 436. The summed E-state index contributed by atoms with van der Waals surface area (Å²) in [7, 11) is 0. The number of hydrogen-bond donors (Lipinski definition) is 2. The fourth-order valence-corrected chi connectivity index (χ4v) is 2.60. The standard InChI is InChI=1S/C13H18N2OS/c1-2-10(16)7-8-14-9-13-15-11-5-3-4-6-12(11)17-13/h3-6,10,14,16H,2,7-9H2,1H3. The molecule has 0 spiro atoms. The van der Waals surface area contributed by atoms with Gasteiger partial charge in [-0.3, -0.25) is 0 Å². The van der Waals surface area contributed by atoms with Crippen LogP contribution >= 0.6 is 11.3 Å². The summed E-state index contributed by atoms with van der Waals surface area (Å²) in [5.41, 5.74) is 1.07. The molecule has 0 bridgehead atoms. The predicted molar refractivity (Wildman–Crippen MR) is 72.2 cm³/mol. The molecule has 0 amide bonds. The van der Waals surface area contributed by atoms with E-state index in [1.54, 1.807) is 11.3 Å². The van der Waals surface area contributed by atoms with E-state index in [0.717, 1.165) is 36.5 Å². The van der Waals surface area contributed by atoms with Crippen molar-refractivity contribution in [3.63, 3.8) is 0 Å². The fraction of sp³-hybridized carbons (Fsp3) is 0.462. The van der Waals surface area contributed by atoms with Gasteiger partial charge < -0.3 is 10.4 Å². The lowest BCUT2D eigenvalue weighted by Crippen LogP contribution is -2.19. The zero-order chi connectivity index (χ0) is 12.1. The van der Waals surface area contributed by atoms with E-state index >= 15 is 0 Å². The van der Waals surface area contributed by atoms with Crippen LogP contribution in [0, 0.1) is 0 Å². The molecule has 0 aliphatic rings. The fourth-order valence-electron chi connectivity index (χ4n) is 1.66. The second-order valence-electron chi connectivity index (χ2n) is 4.10. The van der Waals surface area contributed by atoms with Gasteiger partial charge in [-0.1, -0.05) is 19.1 Å². The molecule has 3 nitrogen and oxygen atoms in total. The maximum Gasteiger partial charge on any atom is 0.108 e. The highest BCUT2D eigenvalue weighted by molar-refractivity contribution is 7.18. The van der Waals surface area contributed by atoms with Crippen LogP contribution in [0.2, 0.25) is 0 Å². The van der Waals surface area contributed by atoms with Gasteiger partial charge in [0.05, 0.1) is 16.3 Å². The van der Waals surface area contributed by atoms with Gasteiger partial charge in [0.1, 0.15) is 5.01 Å². The average molecular weight is 250 g/mol. The summed E-state index contributed by atoms with van der Waals surface area (Å²) in [6.45, 7) is 3.62. The Labute approximate surface area is 106 Å². The van der Waals surface area contributed by atoms with Gasteiger partial charge in [-0.25, -0.2) is 4.98 Å². The van der Waals surface area contributed by atoms with Crippen molar-refractivity contribution in [2.24, 2.45) is 0 Å². The number of thiazole rings is 1. The molecule has 1 atom stereocenters. The summed E-state index contributed by atoms with van der Waals surface area (Å²) >= 11 is 1.73. The van der Waals surface area contributed by atoms with E-state index in [-0.39, 0.29) is 6.10 Å². The van der Waals surface area contributed by atoms with Crippen LogP contribution in [0.3, 0.4) is 0 Å². The van der Waals surface area contributed by atoms with E-state index < -0.39 is 0 Å². The van der Waals surface area contributed by atoms with Gasteiger partial charge in [-0.05, 0) is 31.5 Å². The number of aliphatic hydroxyl groups is 1. The van der Waals surface area contributed by atoms with Gasteiger partial charge in [-0.2, -0.15) is 0 Å². The molecule has 2 aromatic rings. The Hall–Kier alpha value is -0.970. The molecule has 0 radical (unpaired) electrons. The molecule has 0 saturated carbocycles. The summed E-state index contributed by atoms with van der Waals surface area (Å²) in [6.07, 6.45) is 1.45. The van der Waals surface area contributed by atoms with Crippen molar-refractivity contribution in [2.75, 3.05) is 6.54 Å². The Balaban J connectivity index is 1.83. The lowest BCUT2D eigenvalue weighted by Gasteiger charge is -2.07. The van der Waals surface area contributed by atoms with Gasteiger partial charge in [-0.15, -0.1) is 11.3 Å². The van der Waals surface area contributed by atoms with Gasteiger partial charge in [0.25, 0.3) is 0 Å². The number of nitrogens with one attached hydrogen (secondary N) is 1. The zero-order valence-electron chi connectivity index (χ0n) is 10.0. The van der Waals surface area contributed by atoms with Crippen LogP contribution in [0.15, 0.2) is 24.3 Å². The molecule has 1 unspecified atom stereocenters. The van der Waals surface area contributed by atoms with Crippen LogP contribution in [-0.4, -0.2) is 22.7 Å². The highest BCUT2D eigenvalue weighted by Gasteiger charge is 2.03. The zero-order valence-corrected chi connectivity index (χ0v) is 10.8. The van der Waals surface area contributed by atoms with Crippen LogP contribution in [0.25, 0.3) is 10.2 Å². The lowest BCUT2D eigenvalue weighted by atomic mass is 10.2. The van der Waals surface area contributed by atoms with Gasteiger partial charge in [0.15, 0.2) is 0 Å². The largest absolute Gasteiger partial charge is 0.393 e. The molecule has 0 aliphatic carbocycles. The van der Waals surface area contributed by atoms with Crippen LogP contribution in [-0.2, 0) is 6.54 Å². The molecule has 1 aromatic carbocycles. The minimum atomic E-state index is -0.183.